The summed E-state index contributed by atoms with van der Waals surface area (Å²) >= 11 is 5.31. The van der Waals surface area contributed by atoms with Crippen molar-refractivity contribution in [1.29, 1.82) is 0 Å². The maximum atomic E-state index is 5.73. The molecule has 17 heavy (non-hydrogen) atoms. The Labute approximate surface area is 115 Å². The molecular formula is C14H14BrNS. The van der Waals surface area contributed by atoms with E-state index in [1.165, 1.54) is 16.0 Å². The van der Waals surface area contributed by atoms with E-state index in [4.69, 9.17) is 5.73 Å². The molecular weight excluding hydrogens is 294 g/mol. The molecule has 0 fully saturated rings. The Morgan fingerprint density at radius 1 is 1.00 bits per heavy atom. The maximum absolute atomic E-state index is 5.73. The zero-order valence-corrected chi connectivity index (χ0v) is 11.8. The highest BCUT2D eigenvalue weighted by Gasteiger charge is 2.01. The zero-order valence-electron chi connectivity index (χ0n) is 9.40. The van der Waals surface area contributed by atoms with E-state index in [2.05, 4.69) is 52.3 Å². The van der Waals surface area contributed by atoms with Crippen molar-refractivity contribution >= 4 is 27.7 Å². The summed E-state index contributed by atoms with van der Waals surface area (Å²) in [5.41, 5.74) is 8.28. The summed E-state index contributed by atoms with van der Waals surface area (Å²) < 4.78 is 1.12. The van der Waals surface area contributed by atoms with Gasteiger partial charge in [-0.15, -0.1) is 11.8 Å². The van der Waals surface area contributed by atoms with E-state index in [1.54, 1.807) is 0 Å². The Morgan fingerprint density at radius 2 is 1.76 bits per heavy atom. The van der Waals surface area contributed by atoms with E-state index in [9.17, 15) is 0 Å². The summed E-state index contributed by atoms with van der Waals surface area (Å²) in [6, 6.07) is 16.7. The van der Waals surface area contributed by atoms with Gasteiger partial charge in [-0.3, -0.25) is 0 Å². The SMILES string of the molecule is NCc1ccccc1CSc1cccc(Br)c1. The van der Waals surface area contributed by atoms with Crippen molar-refractivity contribution in [3.63, 3.8) is 0 Å². The van der Waals surface area contributed by atoms with Crippen LogP contribution in [-0.2, 0) is 12.3 Å². The van der Waals surface area contributed by atoms with Gasteiger partial charge >= 0.3 is 0 Å². The van der Waals surface area contributed by atoms with E-state index >= 15 is 0 Å². The first kappa shape index (κ1) is 12.7. The minimum atomic E-state index is 0.606. The van der Waals surface area contributed by atoms with Gasteiger partial charge in [0, 0.05) is 21.7 Å². The number of nitrogens with two attached hydrogens (primary N) is 1. The number of rotatable bonds is 4. The van der Waals surface area contributed by atoms with Crippen LogP contribution in [0.1, 0.15) is 11.1 Å². The fraction of sp³-hybridized carbons (Fsp3) is 0.143. The van der Waals surface area contributed by atoms with Crippen LogP contribution in [0.2, 0.25) is 0 Å². The Hall–Kier alpha value is -0.770. The molecule has 0 saturated heterocycles. The van der Waals surface area contributed by atoms with Gasteiger partial charge in [-0.05, 0) is 29.3 Å². The van der Waals surface area contributed by atoms with Gasteiger partial charge in [0.1, 0.15) is 0 Å². The predicted molar refractivity (Wildman–Crippen MR) is 78.0 cm³/mol. The van der Waals surface area contributed by atoms with Crippen LogP contribution in [0, 0.1) is 0 Å². The molecule has 0 aliphatic carbocycles. The first-order valence-electron chi connectivity index (χ1n) is 5.45. The average Bonchev–Trinajstić information content (AvgIpc) is 2.37. The molecule has 2 aromatic carbocycles. The summed E-state index contributed by atoms with van der Waals surface area (Å²) in [5.74, 6) is 0.962. The van der Waals surface area contributed by atoms with Crippen LogP contribution >= 0.6 is 27.7 Å². The lowest BCUT2D eigenvalue weighted by molar-refractivity contribution is 1.04. The summed E-state index contributed by atoms with van der Waals surface area (Å²) in [4.78, 5) is 1.27. The van der Waals surface area contributed by atoms with Crippen molar-refractivity contribution < 1.29 is 0 Å². The summed E-state index contributed by atoms with van der Waals surface area (Å²) in [7, 11) is 0. The van der Waals surface area contributed by atoms with Crippen molar-refractivity contribution in [2.75, 3.05) is 0 Å². The van der Waals surface area contributed by atoms with Crippen molar-refractivity contribution in [2.24, 2.45) is 5.73 Å². The molecule has 0 aliphatic rings. The van der Waals surface area contributed by atoms with Crippen LogP contribution in [0.15, 0.2) is 57.9 Å². The Morgan fingerprint density at radius 3 is 2.47 bits per heavy atom. The van der Waals surface area contributed by atoms with E-state index in [0.717, 1.165) is 10.2 Å². The molecule has 3 heteroatoms. The highest BCUT2D eigenvalue weighted by atomic mass is 79.9. The number of hydrogen-bond donors (Lipinski definition) is 1. The molecule has 0 heterocycles. The predicted octanol–water partition coefficient (Wildman–Crippen LogP) is 4.20. The normalized spacial score (nSPS) is 10.5. The number of thioether (sulfide) groups is 1. The van der Waals surface area contributed by atoms with Gasteiger partial charge in [0.05, 0.1) is 0 Å². The molecule has 2 aromatic rings. The summed E-state index contributed by atoms with van der Waals surface area (Å²) in [6.45, 7) is 0.606. The van der Waals surface area contributed by atoms with Gasteiger partial charge in [0.25, 0.3) is 0 Å². The van der Waals surface area contributed by atoms with E-state index in [0.29, 0.717) is 6.54 Å². The van der Waals surface area contributed by atoms with E-state index in [1.807, 2.05) is 23.9 Å². The molecule has 0 spiro atoms. The molecule has 2 rings (SSSR count). The lowest BCUT2D eigenvalue weighted by atomic mass is 10.1. The topological polar surface area (TPSA) is 26.0 Å². The number of benzene rings is 2. The zero-order chi connectivity index (χ0) is 12.1. The Bertz CT molecular complexity index is 499. The molecule has 2 N–H and O–H groups in total. The van der Waals surface area contributed by atoms with Gasteiger partial charge in [-0.2, -0.15) is 0 Å². The molecule has 0 atom stereocenters. The maximum Gasteiger partial charge on any atom is 0.0235 e. The van der Waals surface area contributed by atoms with Gasteiger partial charge in [0.15, 0.2) is 0 Å². The quantitative estimate of drug-likeness (QED) is 0.857. The third kappa shape index (κ3) is 3.60. The summed E-state index contributed by atoms with van der Waals surface area (Å²) in [5, 5.41) is 0. The third-order valence-corrected chi connectivity index (χ3v) is 4.06. The minimum absolute atomic E-state index is 0.606. The van der Waals surface area contributed by atoms with Crippen LogP contribution in [-0.4, -0.2) is 0 Å². The summed E-state index contributed by atoms with van der Waals surface area (Å²) in [6.07, 6.45) is 0. The van der Waals surface area contributed by atoms with Gasteiger partial charge in [0.2, 0.25) is 0 Å². The molecule has 0 bridgehead atoms. The fourth-order valence-electron chi connectivity index (χ4n) is 1.62. The monoisotopic (exact) mass is 307 g/mol. The molecule has 0 aliphatic heterocycles. The lowest BCUT2D eigenvalue weighted by Gasteiger charge is -2.07. The number of halogens is 1. The smallest absolute Gasteiger partial charge is 0.0235 e. The van der Waals surface area contributed by atoms with Crippen molar-refractivity contribution in [2.45, 2.75) is 17.2 Å². The molecule has 0 saturated carbocycles. The minimum Gasteiger partial charge on any atom is -0.326 e. The average molecular weight is 308 g/mol. The van der Waals surface area contributed by atoms with Crippen molar-refractivity contribution in [3.8, 4) is 0 Å². The molecule has 0 amide bonds. The highest BCUT2D eigenvalue weighted by Crippen LogP contribution is 2.26. The highest BCUT2D eigenvalue weighted by molar-refractivity contribution is 9.10. The first-order valence-corrected chi connectivity index (χ1v) is 7.22. The van der Waals surface area contributed by atoms with Crippen molar-refractivity contribution in [3.05, 3.63) is 64.1 Å². The van der Waals surface area contributed by atoms with E-state index < -0.39 is 0 Å². The lowest BCUT2D eigenvalue weighted by Crippen LogP contribution is -2.00. The first-order chi connectivity index (χ1) is 8.29. The third-order valence-electron chi connectivity index (χ3n) is 2.53. The number of hydrogen-bond acceptors (Lipinski definition) is 2. The van der Waals surface area contributed by atoms with E-state index in [-0.39, 0.29) is 0 Å². The van der Waals surface area contributed by atoms with Crippen LogP contribution in [0.3, 0.4) is 0 Å². The fourth-order valence-corrected chi connectivity index (χ4v) is 3.15. The molecule has 0 aromatic heterocycles. The second-order valence-corrected chi connectivity index (χ2v) is 5.68. The Balaban J connectivity index is 2.07. The molecule has 0 radical (unpaired) electrons. The molecule has 0 unspecified atom stereocenters. The Kier molecular flexibility index (Phi) is 4.66. The second-order valence-electron chi connectivity index (χ2n) is 3.72. The van der Waals surface area contributed by atoms with Crippen molar-refractivity contribution in [1.82, 2.24) is 0 Å². The van der Waals surface area contributed by atoms with Crippen LogP contribution in [0.5, 0.6) is 0 Å². The van der Waals surface area contributed by atoms with Gasteiger partial charge in [-0.25, -0.2) is 0 Å². The van der Waals surface area contributed by atoms with Crippen LogP contribution in [0.4, 0.5) is 0 Å². The second kappa shape index (κ2) is 6.24. The van der Waals surface area contributed by atoms with Gasteiger partial charge in [-0.1, -0.05) is 46.3 Å². The van der Waals surface area contributed by atoms with Crippen LogP contribution < -0.4 is 5.73 Å². The van der Waals surface area contributed by atoms with Gasteiger partial charge < -0.3 is 5.73 Å². The van der Waals surface area contributed by atoms with Crippen LogP contribution in [0.25, 0.3) is 0 Å². The standard InChI is InChI=1S/C14H14BrNS/c15-13-6-3-7-14(8-13)17-10-12-5-2-1-4-11(12)9-16/h1-8H,9-10,16H2. The largest absolute Gasteiger partial charge is 0.326 e. The molecule has 88 valence electrons. The molecule has 1 nitrogen and oxygen atoms in total.